The van der Waals surface area contributed by atoms with E-state index in [1.54, 1.807) is 18.2 Å². The van der Waals surface area contributed by atoms with E-state index in [2.05, 4.69) is 58.1 Å². The van der Waals surface area contributed by atoms with Crippen molar-refractivity contribution in [2.45, 2.75) is 54.9 Å². The fourth-order valence-corrected chi connectivity index (χ4v) is 3.28. The Hall–Kier alpha value is -3.00. The molecule has 0 bridgehead atoms. The molecule has 0 radical (unpaired) electrons. The van der Waals surface area contributed by atoms with Gasteiger partial charge < -0.3 is 0 Å². The zero-order valence-corrected chi connectivity index (χ0v) is 20.0. The van der Waals surface area contributed by atoms with E-state index in [9.17, 15) is 9.59 Å². The predicted octanol–water partition coefficient (Wildman–Crippen LogP) is 7.51. The van der Waals surface area contributed by atoms with E-state index < -0.39 is 0 Å². The van der Waals surface area contributed by atoms with Gasteiger partial charge in [0.05, 0.1) is 0 Å². The molecule has 0 aromatic rings. The molecular weight excluding hydrogens is 380 g/mol. The summed E-state index contributed by atoms with van der Waals surface area (Å²) in [6.45, 7) is 13.9. The Kier molecular flexibility index (Phi) is 10.6. The molecule has 0 heterocycles. The van der Waals surface area contributed by atoms with Crippen LogP contribution >= 0.6 is 0 Å². The molecule has 2 nitrogen and oxygen atoms in total. The smallest absolute Gasteiger partial charge is 0.156 e. The Morgan fingerprint density at radius 2 is 1.29 bits per heavy atom. The normalized spacial score (nSPS) is 20.1. The lowest BCUT2D eigenvalue weighted by atomic mass is 9.72. The summed E-state index contributed by atoms with van der Waals surface area (Å²) < 4.78 is 0. The highest BCUT2D eigenvalue weighted by Crippen LogP contribution is 2.39. The third kappa shape index (κ3) is 10.5. The third-order valence-electron chi connectivity index (χ3n) is 4.90. The Labute approximate surface area is 188 Å². The monoisotopic (exact) mass is 416 g/mol. The van der Waals surface area contributed by atoms with Crippen molar-refractivity contribution in [3.8, 4) is 0 Å². The van der Waals surface area contributed by atoms with Gasteiger partial charge in [-0.25, -0.2) is 0 Å². The average molecular weight is 417 g/mol. The second-order valence-corrected chi connectivity index (χ2v) is 8.71. The molecule has 0 saturated carbocycles. The van der Waals surface area contributed by atoms with Crippen LogP contribution in [0.1, 0.15) is 54.9 Å². The minimum absolute atomic E-state index is 0.0461. The van der Waals surface area contributed by atoms with Crippen LogP contribution in [-0.2, 0) is 9.59 Å². The molecule has 0 N–H and O–H groups in total. The Morgan fingerprint density at radius 1 is 0.806 bits per heavy atom. The van der Waals surface area contributed by atoms with Crippen molar-refractivity contribution in [3.63, 3.8) is 0 Å². The molecule has 0 aromatic heterocycles. The first-order valence-corrected chi connectivity index (χ1v) is 10.7. The molecule has 0 atom stereocenters. The van der Waals surface area contributed by atoms with Crippen LogP contribution in [0.3, 0.4) is 0 Å². The maximum atomic E-state index is 11.8. The number of carbonyl (C=O) groups is 2. The van der Waals surface area contributed by atoms with Crippen molar-refractivity contribution >= 4 is 11.6 Å². The standard InChI is InChI=1S/C29H36O2/c1-22(12-8-9-13-23(2)16-11-17-26(5)30)14-10-15-24(3)18-19-28-25(4)20-27(31)21-29(28,6)7/h8-20H,21H2,1-7H3/b12-8+,13-9+,15-10+,17-11+,22-14+,23-16+,24-18+,28-19-. The SMILES string of the molecule is CC(=O)/C=C/C=C(C)/C=C/C=C/C(C)=C/C=C/C(C)=C/C=C1/C(C)=CC(=O)CC1(C)C. The van der Waals surface area contributed by atoms with Gasteiger partial charge >= 0.3 is 0 Å². The summed E-state index contributed by atoms with van der Waals surface area (Å²) in [6, 6.07) is 0. The summed E-state index contributed by atoms with van der Waals surface area (Å²) in [6.07, 6.45) is 26.0. The van der Waals surface area contributed by atoms with Crippen molar-refractivity contribution in [2.75, 3.05) is 0 Å². The summed E-state index contributed by atoms with van der Waals surface area (Å²) >= 11 is 0. The first kappa shape index (κ1) is 26.0. The summed E-state index contributed by atoms with van der Waals surface area (Å²) in [5, 5.41) is 0. The largest absolute Gasteiger partial charge is 0.295 e. The molecule has 31 heavy (non-hydrogen) atoms. The molecule has 0 aliphatic heterocycles. The molecule has 164 valence electrons. The van der Waals surface area contributed by atoms with Gasteiger partial charge in [-0.15, -0.1) is 0 Å². The lowest BCUT2D eigenvalue weighted by Crippen LogP contribution is -2.24. The van der Waals surface area contributed by atoms with Gasteiger partial charge in [-0.2, -0.15) is 0 Å². The molecule has 0 fully saturated rings. The maximum absolute atomic E-state index is 11.8. The number of hydrogen-bond donors (Lipinski definition) is 0. The van der Waals surface area contributed by atoms with Gasteiger partial charge in [-0.3, -0.25) is 9.59 Å². The van der Waals surface area contributed by atoms with Crippen molar-refractivity contribution in [1.29, 1.82) is 0 Å². The van der Waals surface area contributed by atoms with E-state index >= 15 is 0 Å². The van der Waals surface area contributed by atoms with Crippen LogP contribution in [0.4, 0.5) is 0 Å². The van der Waals surface area contributed by atoms with E-state index in [0.717, 1.165) is 22.3 Å². The fourth-order valence-electron chi connectivity index (χ4n) is 3.28. The molecule has 2 heteroatoms. The first-order chi connectivity index (χ1) is 14.5. The molecular formula is C29H36O2. The zero-order chi connectivity index (χ0) is 23.4. The van der Waals surface area contributed by atoms with Gasteiger partial charge in [0.25, 0.3) is 0 Å². The van der Waals surface area contributed by atoms with Gasteiger partial charge in [0.2, 0.25) is 0 Å². The number of hydrogen-bond acceptors (Lipinski definition) is 2. The molecule has 0 saturated heterocycles. The van der Waals surface area contributed by atoms with Crippen LogP contribution in [0.2, 0.25) is 0 Å². The van der Waals surface area contributed by atoms with Crippen LogP contribution < -0.4 is 0 Å². The third-order valence-corrected chi connectivity index (χ3v) is 4.90. The van der Waals surface area contributed by atoms with E-state index in [4.69, 9.17) is 0 Å². The molecule has 0 aromatic carbocycles. The molecule has 0 unspecified atom stereocenters. The first-order valence-electron chi connectivity index (χ1n) is 10.7. The topological polar surface area (TPSA) is 34.1 Å². The van der Waals surface area contributed by atoms with Crippen molar-refractivity contribution in [1.82, 2.24) is 0 Å². The molecule has 1 aliphatic carbocycles. The summed E-state index contributed by atoms with van der Waals surface area (Å²) in [4.78, 5) is 22.7. The molecule has 1 rings (SSSR count). The maximum Gasteiger partial charge on any atom is 0.156 e. The van der Waals surface area contributed by atoms with Crippen molar-refractivity contribution in [2.24, 2.45) is 5.41 Å². The van der Waals surface area contributed by atoms with E-state index in [1.165, 1.54) is 12.5 Å². The Morgan fingerprint density at radius 3 is 1.81 bits per heavy atom. The summed E-state index contributed by atoms with van der Waals surface area (Å²) in [5.41, 5.74) is 5.54. The highest BCUT2D eigenvalue weighted by atomic mass is 16.1. The number of ketones is 2. The van der Waals surface area contributed by atoms with Gasteiger partial charge in [0, 0.05) is 6.42 Å². The van der Waals surface area contributed by atoms with Gasteiger partial charge in [-0.05, 0) is 63.3 Å². The minimum atomic E-state index is -0.123. The number of carbonyl (C=O) groups excluding carboxylic acids is 2. The highest BCUT2D eigenvalue weighted by molar-refractivity contribution is 5.93. The highest BCUT2D eigenvalue weighted by Gasteiger charge is 2.30. The van der Waals surface area contributed by atoms with Crippen LogP contribution in [0, 0.1) is 5.41 Å². The van der Waals surface area contributed by atoms with Crippen LogP contribution in [0.5, 0.6) is 0 Å². The number of allylic oxidation sites excluding steroid dienone is 18. The van der Waals surface area contributed by atoms with Crippen molar-refractivity contribution < 1.29 is 9.59 Å². The van der Waals surface area contributed by atoms with Crippen LogP contribution in [-0.4, -0.2) is 11.6 Å². The lowest BCUT2D eigenvalue weighted by Gasteiger charge is -2.31. The number of rotatable bonds is 8. The summed E-state index contributed by atoms with van der Waals surface area (Å²) in [7, 11) is 0. The summed E-state index contributed by atoms with van der Waals surface area (Å²) in [5.74, 6) is 0.254. The second-order valence-electron chi connectivity index (χ2n) is 8.71. The van der Waals surface area contributed by atoms with Crippen molar-refractivity contribution in [3.05, 3.63) is 107 Å². The van der Waals surface area contributed by atoms with Crippen LogP contribution in [0.25, 0.3) is 0 Å². The fraction of sp³-hybridized carbons (Fsp3) is 0.310. The van der Waals surface area contributed by atoms with E-state index in [0.29, 0.717) is 6.42 Å². The second kappa shape index (κ2) is 12.6. The van der Waals surface area contributed by atoms with Gasteiger partial charge in [0.15, 0.2) is 11.6 Å². The molecule has 0 amide bonds. The van der Waals surface area contributed by atoms with Gasteiger partial charge in [-0.1, -0.05) is 97.4 Å². The Balaban J connectivity index is 2.72. The minimum Gasteiger partial charge on any atom is -0.295 e. The van der Waals surface area contributed by atoms with E-state index in [1.807, 2.05) is 44.2 Å². The molecule has 1 aliphatic rings. The zero-order valence-electron chi connectivity index (χ0n) is 20.0. The predicted molar refractivity (Wildman–Crippen MR) is 134 cm³/mol. The van der Waals surface area contributed by atoms with Crippen LogP contribution in [0.15, 0.2) is 107 Å². The quantitative estimate of drug-likeness (QED) is 0.303. The lowest BCUT2D eigenvalue weighted by molar-refractivity contribution is -0.116. The Bertz CT molecular complexity index is 949. The van der Waals surface area contributed by atoms with E-state index in [-0.39, 0.29) is 17.0 Å². The van der Waals surface area contributed by atoms with Gasteiger partial charge in [0.1, 0.15) is 0 Å². The average Bonchev–Trinajstić information content (AvgIpc) is 2.63. The molecule has 0 spiro atoms.